The fourth-order valence-electron chi connectivity index (χ4n) is 1.47. The van der Waals surface area contributed by atoms with Crippen LogP contribution in [0.4, 0.5) is 5.69 Å². The molecule has 0 unspecified atom stereocenters. The van der Waals surface area contributed by atoms with Crippen molar-refractivity contribution in [1.82, 2.24) is 4.98 Å². The summed E-state index contributed by atoms with van der Waals surface area (Å²) in [6.07, 6.45) is 1.59. The molecule has 0 aliphatic rings. The van der Waals surface area contributed by atoms with Gasteiger partial charge < -0.3 is 5.32 Å². The third-order valence-electron chi connectivity index (χ3n) is 2.34. The van der Waals surface area contributed by atoms with Gasteiger partial charge in [-0.1, -0.05) is 23.2 Å². The molecule has 3 nitrogen and oxygen atoms in total. The Morgan fingerprint density at radius 1 is 1.22 bits per heavy atom. The Hall–Kier alpha value is -1.58. The van der Waals surface area contributed by atoms with E-state index in [-0.39, 0.29) is 5.91 Å². The number of nitrogens with zero attached hydrogens (tertiary/aromatic N) is 1. The van der Waals surface area contributed by atoms with E-state index < -0.39 is 0 Å². The molecule has 0 spiro atoms. The van der Waals surface area contributed by atoms with Gasteiger partial charge in [0.15, 0.2) is 0 Å². The highest BCUT2D eigenvalue weighted by molar-refractivity contribution is 6.35. The second-order valence-electron chi connectivity index (χ2n) is 3.76. The van der Waals surface area contributed by atoms with E-state index in [1.165, 1.54) is 0 Å². The Kier molecular flexibility index (Phi) is 3.84. The van der Waals surface area contributed by atoms with E-state index >= 15 is 0 Å². The second-order valence-corrected chi connectivity index (χ2v) is 4.61. The van der Waals surface area contributed by atoms with E-state index in [4.69, 9.17) is 23.2 Å². The molecule has 0 atom stereocenters. The van der Waals surface area contributed by atoms with Crippen LogP contribution in [0.2, 0.25) is 10.0 Å². The summed E-state index contributed by atoms with van der Waals surface area (Å²) in [4.78, 5) is 16.0. The van der Waals surface area contributed by atoms with E-state index in [1.807, 2.05) is 6.92 Å². The summed E-state index contributed by atoms with van der Waals surface area (Å²) < 4.78 is 0. The summed E-state index contributed by atoms with van der Waals surface area (Å²) in [6, 6.07) is 8.25. The summed E-state index contributed by atoms with van der Waals surface area (Å²) in [5.41, 5.74) is 1.79. The number of pyridine rings is 1. The highest BCUT2D eigenvalue weighted by atomic mass is 35.5. The number of amides is 1. The predicted octanol–water partition coefficient (Wildman–Crippen LogP) is 3.95. The van der Waals surface area contributed by atoms with Gasteiger partial charge in [0, 0.05) is 22.5 Å². The summed E-state index contributed by atoms with van der Waals surface area (Å²) in [6.45, 7) is 1.82. The number of rotatable bonds is 2. The molecule has 1 aromatic heterocycles. The number of nitrogens with one attached hydrogen (secondary N) is 1. The monoisotopic (exact) mass is 280 g/mol. The average molecular weight is 281 g/mol. The van der Waals surface area contributed by atoms with Crippen molar-refractivity contribution >= 4 is 34.8 Å². The minimum atomic E-state index is -0.246. The van der Waals surface area contributed by atoms with Crippen LogP contribution >= 0.6 is 23.2 Å². The summed E-state index contributed by atoms with van der Waals surface area (Å²) in [5, 5.41) is 3.67. The maximum atomic E-state index is 12.0. The molecule has 1 N–H and O–H groups in total. The van der Waals surface area contributed by atoms with E-state index in [0.717, 1.165) is 5.69 Å². The molecule has 0 saturated heterocycles. The molecule has 0 fully saturated rings. The van der Waals surface area contributed by atoms with Crippen LogP contribution in [0.15, 0.2) is 36.5 Å². The number of anilines is 1. The van der Waals surface area contributed by atoms with Crippen molar-refractivity contribution in [3.63, 3.8) is 0 Å². The molecule has 0 aliphatic heterocycles. The first-order valence-corrected chi connectivity index (χ1v) is 6.01. The summed E-state index contributed by atoms with van der Waals surface area (Å²) in [5.74, 6) is -0.246. The smallest absolute Gasteiger partial charge is 0.255 e. The molecule has 1 amide bonds. The van der Waals surface area contributed by atoms with Gasteiger partial charge in [-0.25, -0.2) is 0 Å². The standard InChI is InChI=1S/C13H10Cl2N2O/c1-8-6-9(4-5-16-8)13(18)17-12-7-10(14)2-3-11(12)15/h2-7H,1H3,(H,17,18). The van der Waals surface area contributed by atoms with Gasteiger partial charge in [-0.05, 0) is 37.3 Å². The first kappa shape index (κ1) is 12.9. The van der Waals surface area contributed by atoms with Gasteiger partial charge in [0.25, 0.3) is 5.91 Å². The first-order valence-electron chi connectivity index (χ1n) is 5.25. The zero-order valence-corrected chi connectivity index (χ0v) is 11.1. The third kappa shape index (κ3) is 3.00. The second kappa shape index (κ2) is 5.38. The Labute approximate surface area is 115 Å². The molecule has 5 heteroatoms. The fourth-order valence-corrected chi connectivity index (χ4v) is 1.81. The van der Waals surface area contributed by atoms with Crippen molar-refractivity contribution < 1.29 is 4.79 Å². The van der Waals surface area contributed by atoms with Gasteiger partial charge in [0.2, 0.25) is 0 Å². The molecular weight excluding hydrogens is 271 g/mol. The fraction of sp³-hybridized carbons (Fsp3) is 0.0769. The lowest BCUT2D eigenvalue weighted by molar-refractivity contribution is 0.102. The van der Waals surface area contributed by atoms with Crippen LogP contribution in [0.25, 0.3) is 0 Å². The summed E-state index contributed by atoms with van der Waals surface area (Å²) in [7, 11) is 0. The molecule has 2 aromatic rings. The van der Waals surface area contributed by atoms with E-state index in [9.17, 15) is 4.79 Å². The number of carbonyl (C=O) groups is 1. The topological polar surface area (TPSA) is 42.0 Å². The van der Waals surface area contributed by atoms with Crippen LogP contribution in [0.3, 0.4) is 0 Å². The summed E-state index contributed by atoms with van der Waals surface area (Å²) >= 11 is 11.8. The highest BCUT2D eigenvalue weighted by Crippen LogP contribution is 2.25. The quantitative estimate of drug-likeness (QED) is 0.905. The number of benzene rings is 1. The van der Waals surface area contributed by atoms with E-state index in [0.29, 0.717) is 21.3 Å². The number of hydrogen-bond donors (Lipinski definition) is 1. The van der Waals surface area contributed by atoms with Crippen molar-refractivity contribution in [2.45, 2.75) is 6.92 Å². The Balaban J connectivity index is 2.24. The maximum Gasteiger partial charge on any atom is 0.255 e. The highest BCUT2D eigenvalue weighted by Gasteiger charge is 2.09. The van der Waals surface area contributed by atoms with Gasteiger partial charge >= 0.3 is 0 Å². The lowest BCUT2D eigenvalue weighted by Crippen LogP contribution is -2.12. The van der Waals surface area contributed by atoms with Crippen molar-refractivity contribution in [3.05, 3.63) is 57.8 Å². The van der Waals surface area contributed by atoms with Crippen LogP contribution < -0.4 is 5.32 Å². The third-order valence-corrected chi connectivity index (χ3v) is 2.90. The van der Waals surface area contributed by atoms with Gasteiger partial charge in [-0.3, -0.25) is 9.78 Å². The largest absolute Gasteiger partial charge is 0.321 e. The number of hydrogen-bond acceptors (Lipinski definition) is 2. The number of aryl methyl sites for hydroxylation is 1. The van der Waals surface area contributed by atoms with Crippen molar-refractivity contribution in [2.75, 3.05) is 5.32 Å². The van der Waals surface area contributed by atoms with Crippen LogP contribution in [0.1, 0.15) is 16.1 Å². The molecule has 92 valence electrons. The van der Waals surface area contributed by atoms with Gasteiger partial charge in [-0.2, -0.15) is 0 Å². The number of halogens is 2. The minimum Gasteiger partial charge on any atom is -0.321 e. The average Bonchev–Trinajstić information content (AvgIpc) is 2.34. The maximum absolute atomic E-state index is 12.0. The van der Waals surface area contributed by atoms with Gasteiger partial charge in [-0.15, -0.1) is 0 Å². The molecule has 1 aromatic carbocycles. The van der Waals surface area contributed by atoms with Crippen molar-refractivity contribution in [1.29, 1.82) is 0 Å². The van der Waals surface area contributed by atoms with Crippen LogP contribution in [-0.2, 0) is 0 Å². The van der Waals surface area contributed by atoms with Crippen molar-refractivity contribution in [2.24, 2.45) is 0 Å². The lowest BCUT2D eigenvalue weighted by Gasteiger charge is -2.07. The number of carbonyl (C=O) groups excluding carboxylic acids is 1. The molecule has 0 radical (unpaired) electrons. The molecule has 18 heavy (non-hydrogen) atoms. The zero-order chi connectivity index (χ0) is 13.1. The first-order chi connectivity index (χ1) is 8.56. The van der Waals surface area contributed by atoms with Crippen LogP contribution in [0, 0.1) is 6.92 Å². The predicted molar refractivity (Wildman–Crippen MR) is 73.4 cm³/mol. The lowest BCUT2D eigenvalue weighted by atomic mass is 10.2. The Morgan fingerprint density at radius 2 is 2.00 bits per heavy atom. The number of aromatic nitrogens is 1. The molecule has 1 heterocycles. The van der Waals surface area contributed by atoms with Crippen LogP contribution in [-0.4, -0.2) is 10.9 Å². The van der Waals surface area contributed by atoms with E-state index in [2.05, 4.69) is 10.3 Å². The Bertz CT molecular complexity index is 599. The molecule has 0 saturated carbocycles. The SMILES string of the molecule is Cc1cc(C(=O)Nc2cc(Cl)ccc2Cl)ccn1. The van der Waals surface area contributed by atoms with Gasteiger partial charge in [0.05, 0.1) is 10.7 Å². The Morgan fingerprint density at radius 3 is 2.72 bits per heavy atom. The minimum absolute atomic E-state index is 0.246. The van der Waals surface area contributed by atoms with E-state index in [1.54, 1.807) is 36.5 Å². The van der Waals surface area contributed by atoms with Crippen LogP contribution in [0.5, 0.6) is 0 Å². The normalized spacial score (nSPS) is 10.2. The zero-order valence-electron chi connectivity index (χ0n) is 9.58. The molecular formula is C13H10Cl2N2O. The molecule has 0 bridgehead atoms. The molecule has 0 aliphatic carbocycles. The van der Waals surface area contributed by atoms with Gasteiger partial charge in [0.1, 0.15) is 0 Å². The van der Waals surface area contributed by atoms with Crippen molar-refractivity contribution in [3.8, 4) is 0 Å². The molecule has 2 rings (SSSR count).